The van der Waals surface area contributed by atoms with Gasteiger partial charge < -0.3 is 0 Å². The van der Waals surface area contributed by atoms with Crippen LogP contribution in [0.4, 0.5) is 13.2 Å². The molecule has 0 aliphatic heterocycles. The Morgan fingerprint density at radius 2 is 1.52 bits per heavy atom. The van der Waals surface area contributed by atoms with Crippen LogP contribution in [0, 0.1) is 17.5 Å². The Kier molecular flexibility index (Phi) is 6.22. The molecule has 0 saturated carbocycles. The SMILES string of the molecule is CCCc1c(-c2ccccc2)cc(F)c(CCc2ccc(Cl)c(F)c2)c1F. The summed E-state index contributed by atoms with van der Waals surface area (Å²) < 4.78 is 43.5. The quantitative estimate of drug-likeness (QED) is 0.420. The lowest BCUT2D eigenvalue weighted by Gasteiger charge is -2.15. The fraction of sp³-hybridized carbons (Fsp3) is 0.217. The Balaban J connectivity index is 1.96. The zero-order valence-corrected chi connectivity index (χ0v) is 15.8. The van der Waals surface area contributed by atoms with Crippen LogP contribution < -0.4 is 0 Å². The molecule has 3 aromatic rings. The molecule has 0 spiro atoms. The van der Waals surface area contributed by atoms with Crippen LogP contribution in [0.15, 0.2) is 54.6 Å². The first kappa shape index (κ1) is 19.5. The molecular weight excluding hydrogens is 369 g/mol. The van der Waals surface area contributed by atoms with Crippen molar-refractivity contribution in [2.45, 2.75) is 32.6 Å². The summed E-state index contributed by atoms with van der Waals surface area (Å²) in [4.78, 5) is 0. The predicted octanol–water partition coefficient (Wildman–Crippen LogP) is 7.16. The summed E-state index contributed by atoms with van der Waals surface area (Å²) in [6.45, 7) is 1.97. The summed E-state index contributed by atoms with van der Waals surface area (Å²) in [6.07, 6.45) is 1.77. The van der Waals surface area contributed by atoms with Crippen LogP contribution in [-0.4, -0.2) is 0 Å². The highest BCUT2D eigenvalue weighted by Crippen LogP contribution is 2.31. The maximum absolute atomic E-state index is 15.2. The second-order valence-electron chi connectivity index (χ2n) is 6.54. The van der Waals surface area contributed by atoms with E-state index in [-0.39, 0.29) is 17.0 Å². The third-order valence-electron chi connectivity index (χ3n) is 4.65. The third-order valence-corrected chi connectivity index (χ3v) is 4.95. The number of aryl methyl sites for hydroxylation is 1. The van der Waals surface area contributed by atoms with Gasteiger partial charge in [-0.15, -0.1) is 0 Å². The van der Waals surface area contributed by atoms with E-state index in [2.05, 4.69) is 0 Å². The summed E-state index contributed by atoms with van der Waals surface area (Å²) >= 11 is 5.68. The van der Waals surface area contributed by atoms with Crippen LogP contribution in [0.3, 0.4) is 0 Å². The zero-order chi connectivity index (χ0) is 19.4. The van der Waals surface area contributed by atoms with Gasteiger partial charge >= 0.3 is 0 Å². The minimum absolute atomic E-state index is 0.0357. The summed E-state index contributed by atoms with van der Waals surface area (Å²) in [7, 11) is 0. The molecule has 0 saturated heterocycles. The molecule has 0 N–H and O–H groups in total. The molecule has 0 fully saturated rings. The monoisotopic (exact) mass is 388 g/mol. The van der Waals surface area contributed by atoms with Gasteiger partial charge in [-0.3, -0.25) is 0 Å². The van der Waals surface area contributed by atoms with Crippen LogP contribution in [-0.2, 0) is 19.3 Å². The van der Waals surface area contributed by atoms with Crippen molar-refractivity contribution < 1.29 is 13.2 Å². The predicted molar refractivity (Wildman–Crippen MR) is 105 cm³/mol. The molecular formula is C23H20ClF3. The number of benzene rings is 3. The maximum atomic E-state index is 15.2. The first-order valence-electron chi connectivity index (χ1n) is 9.00. The molecule has 0 bridgehead atoms. The number of hydrogen-bond acceptors (Lipinski definition) is 0. The molecule has 27 heavy (non-hydrogen) atoms. The summed E-state index contributed by atoms with van der Waals surface area (Å²) in [5, 5.41) is 0.0357. The summed E-state index contributed by atoms with van der Waals surface area (Å²) in [5.41, 5.74) is 2.62. The normalized spacial score (nSPS) is 11.0. The van der Waals surface area contributed by atoms with Crippen LogP contribution >= 0.6 is 11.6 Å². The van der Waals surface area contributed by atoms with Gasteiger partial charge in [0.15, 0.2) is 0 Å². The molecule has 0 nitrogen and oxygen atoms in total. The Bertz CT molecular complexity index is 936. The van der Waals surface area contributed by atoms with Crippen molar-refractivity contribution in [3.63, 3.8) is 0 Å². The molecule has 0 amide bonds. The van der Waals surface area contributed by atoms with E-state index in [1.165, 1.54) is 18.2 Å². The van der Waals surface area contributed by atoms with Gasteiger partial charge in [0, 0.05) is 5.56 Å². The highest BCUT2D eigenvalue weighted by atomic mass is 35.5. The van der Waals surface area contributed by atoms with Crippen molar-refractivity contribution in [1.82, 2.24) is 0 Å². The molecule has 0 aliphatic carbocycles. The van der Waals surface area contributed by atoms with Gasteiger partial charge in [-0.05, 0) is 59.7 Å². The first-order chi connectivity index (χ1) is 13.0. The summed E-state index contributed by atoms with van der Waals surface area (Å²) in [5.74, 6) is -1.59. The highest BCUT2D eigenvalue weighted by Gasteiger charge is 2.19. The van der Waals surface area contributed by atoms with E-state index in [0.29, 0.717) is 29.5 Å². The Labute approximate surface area is 162 Å². The lowest BCUT2D eigenvalue weighted by Crippen LogP contribution is -2.05. The highest BCUT2D eigenvalue weighted by molar-refractivity contribution is 6.30. The lowest BCUT2D eigenvalue weighted by molar-refractivity contribution is 0.544. The van der Waals surface area contributed by atoms with Crippen LogP contribution in [0.2, 0.25) is 5.02 Å². The van der Waals surface area contributed by atoms with E-state index < -0.39 is 17.5 Å². The van der Waals surface area contributed by atoms with E-state index >= 15 is 4.39 Å². The molecule has 140 valence electrons. The number of halogens is 4. The molecule has 3 rings (SSSR count). The lowest BCUT2D eigenvalue weighted by atomic mass is 9.92. The van der Waals surface area contributed by atoms with Crippen LogP contribution in [0.25, 0.3) is 11.1 Å². The Morgan fingerprint density at radius 1 is 0.778 bits per heavy atom. The third kappa shape index (κ3) is 4.36. The van der Waals surface area contributed by atoms with Gasteiger partial charge in [-0.25, -0.2) is 13.2 Å². The van der Waals surface area contributed by atoms with Crippen LogP contribution in [0.1, 0.15) is 30.0 Å². The molecule has 0 unspecified atom stereocenters. The van der Waals surface area contributed by atoms with Crippen molar-refractivity contribution in [1.29, 1.82) is 0 Å². The number of rotatable bonds is 6. The van der Waals surface area contributed by atoms with Gasteiger partial charge in [0.1, 0.15) is 17.5 Å². The fourth-order valence-electron chi connectivity index (χ4n) is 3.27. The molecule has 0 radical (unpaired) electrons. The first-order valence-corrected chi connectivity index (χ1v) is 9.38. The molecule has 0 atom stereocenters. The van der Waals surface area contributed by atoms with Crippen molar-refractivity contribution in [2.24, 2.45) is 0 Å². The average Bonchev–Trinajstić information content (AvgIpc) is 2.67. The van der Waals surface area contributed by atoms with Gasteiger partial charge in [0.2, 0.25) is 0 Å². The molecule has 4 heteroatoms. The molecule has 0 aromatic heterocycles. The largest absolute Gasteiger partial charge is 0.207 e. The summed E-state index contributed by atoms with van der Waals surface area (Å²) in [6, 6.07) is 15.1. The van der Waals surface area contributed by atoms with E-state index in [9.17, 15) is 8.78 Å². The van der Waals surface area contributed by atoms with Gasteiger partial charge in [-0.2, -0.15) is 0 Å². The second-order valence-corrected chi connectivity index (χ2v) is 6.95. The van der Waals surface area contributed by atoms with Crippen molar-refractivity contribution in [3.8, 4) is 11.1 Å². The number of hydrogen-bond donors (Lipinski definition) is 0. The van der Waals surface area contributed by atoms with Gasteiger partial charge in [0.25, 0.3) is 0 Å². The molecule has 0 aliphatic rings. The minimum Gasteiger partial charge on any atom is -0.207 e. The average molecular weight is 389 g/mol. The Hall–Kier alpha value is -2.26. The molecule has 3 aromatic carbocycles. The van der Waals surface area contributed by atoms with E-state index in [0.717, 1.165) is 12.0 Å². The van der Waals surface area contributed by atoms with Crippen molar-refractivity contribution >= 4 is 11.6 Å². The second kappa shape index (κ2) is 8.62. The van der Waals surface area contributed by atoms with E-state index in [4.69, 9.17) is 11.6 Å². The zero-order valence-electron chi connectivity index (χ0n) is 15.0. The van der Waals surface area contributed by atoms with Crippen LogP contribution in [0.5, 0.6) is 0 Å². The van der Waals surface area contributed by atoms with E-state index in [1.54, 1.807) is 6.07 Å². The van der Waals surface area contributed by atoms with Gasteiger partial charge in [0.05, 0.1) is 5.02 Å². The smallest absolute Gasteiger partial charge is 0.142 e. The van der Waals surface area contributed by atoms with E-state index in [1.807, 2.05) is 37.3 Å². The van der Waals surface area contributed by atoms with Crippen molar-refractivity contribution in [2.75, 3.05) is 0 Å². The Morgan fingerprint density at radius 3 is 2.19 bits per heavy atom. The topological polar surface area (TPSA) is 0 Å². The van der Waals surface area contributed by atoms with Crippen molar-refractivity contribution in [3.05, 3.63) is 93.8 Å². The van der Waals surface area contributed by atoms with Gasteiger partial charge in [-0.1, -0.05) is 61.3 Å². The maximum Gasteiger partial charge on any atom is 0.142 e. The standard InChI is InChI=1S/C23H20ClF3/c1-2-6-17-19(16-7-4-3-5-8-16)14-21(25)18(23(17)27)11-9-15-10-12-20(24)22(26)13-15/h3-5,7-8,10,12-14H,2,6,9,11H2,1H3. The molecule has 0 heterocycles. The fourth-order valence-corrected chi connectivity index (χ4v) is 3.39. The minimum atomic E-state index is -0.569.